The van der Waals surface area contributed by atoms with Gasteiger partial charge in [-0.05, 0) is 140 Å². The molecule has 0 N–H and O–H groups in total. The molecule has 1 aliphatic carbocycles. The van der Waals surface area contributed by atoms with Crippen molar-refractivity contribution in [1.29, 1.82) is 0 Å². The van der Waals surface area contributed by atoms with Crippen molar-refractivity contribution in [2.24, 2.45) is 0 Å². The Balaban J connectivity index is 0.940. The van der Waals surface area contributed by atoms with Crippen LogP contribution in [-0.2, 0) is 12.8 Å². The van der Waals surface area contributed by atoms with Crippen LogP contribution in [-0.4, -0.2) is 4.57 Å². The minimum absolute atomic E-state index is 0.876. The van der Waals surface area contributed by atoms with Gasteiger partial charge in [0.25, 0.3) is 0 Å². The third-order valence-electron chi connectivity index (χ3n) is 12.9. The Morgan fingerprint density at radius 3 is 1.44 bits per heavy atom. The normalized spacial score (nSPS) is 12.1. The number of hydrogen-bond acceptors (Lipinski definition) is 1. The molecule has 292 valence electrons. The molecule has 1 heterocycles. The molecule has 2 heteroatoms. The van der Waals surface area contributed by atoms with E-state index in [9.17, 15) is 0 Å². The number of aromatic nitrogens is 1. The second-order valence-electron chi connectivity index (χ2n) is 16.5. The monoisotopic (exact) mass is 790 g/mol. The Kier molecular flexibility index (Phi) is 8.67. The SMILES string of the molecule is c1ccc(-c2ccc(N(c3ccc(-c4ccc5c(c4)Cc4cccc6cccc(c46)Cc4ccccc4-5)cc3)c3ccc(-n4c5ccccc5c5ccccc54)cc3)cc2)cc1. The molecule has 0 bridgehead atoms. The summed E-state index contributed by atoms with van der Waals surface area (Å²) in [5.41, 5.74) is 19.8. The molecule has 0 saturated carbocycles. The van der Waals surface area contributed by atoms with Crippen molar-refractivity contribution in [2.75, 3.05) is 4.90 Å². The largest absolute Gasteiger partial charge is 0.311 e. The van der Waals surface area contributed by atoms with E-state index in [1.165, 1.54) is 88.2 Å². The van der Waals surface area contributed by atoms with Gasteiger partial charge in [0.05, 0.1) is 11.0 Å². The zero-order valence-corrected chi connectivity index (χ0v) is 34.2. The van der Waals surface area contributed by atoms with Crippen LogP contribution in [0, 0.1) is 0 Å². The third kappa shape index (κ3) is 6.19. The van der Waals surface area contributed by atoms with Gasteiger partial charge in [-0.15, -0.1) is 0 Å². The Bertz CT molecular complexity index is 3370. The van der Waals surface area contributed by atoms with Crippen molar-refractivity contribution in [3.05, 3.63) is 253 Å². The summed E-state index contributed by atoms with van der Waals surface area (Å²) < 4.78 is 2.38. The highest BCUT2D eigenvalue weighted by Gasteiger charge is 2.19. The van der Waals surface area contributed by atoms with Crippen LogP contribution in [0.3, 0.4) is 0 Å². The van der Waals surface area contributed by atoms with Gasteiger partial charge in [0.15, 0.2) is 0 Å². The molecule has 0 unspecified atom stereocenters. The Morgan fingerprint density at radius 1 is 0.323 bits per heavy atom. The number of benzene rings is 10. The predicted octanol–water partition coefficient (Wildman–Crippen LogP) is 15.9. The summed E-state index contributed by atoms with van der Waals surface area (Å²) >= 11 is 0. The molecule has 10 aromatic carbocycles. The van der Waals surface area contributed by atoms with Gasteiger partial charge >= 0.3 is 0 Å². The highest BCUT2D eigenvalue weighted by Crippen LogP contribution is 2.41. The Hall–Kier alpha value is -7.94. The van der Waals surface area contributed by atoms with E-state index in [-0.39, 0.29) is 0 Å². The lowest BCUT2D eigenvalue weighted by Gasteiger charge is -2.26. The standard InChI is InChI=1S/C60H42N2/c1-2-12-41(13-3-1)42-24-29-50(30-25-42)61(52-33-35-53(36-34-52)62-58-22-8-6-20-56(58)57-21-7-9-23-59(57)62)51-31-26-43(27-32-51)45-28-37-55-49(38-45)40-48-18-11-16-44-15-10-17-47(60(44)48)39-46-14-4-5-19-54(46)55/h1-38H,39-40H2. The smallest absolute Gasteiger partial charge is 0.0541 e. The summed E-state index contributed by atoms with van der Waals surface area (Å²) in [4.78, 5) is 2.37. The summed E-state index contributed by atoms with van der Waals surface area (Å²) in [6.07, 6.45) is 1.79. The first-order chi connectivity index (χ1) is 30.7. The lowest BCUT2D eigenvalue weighted by atomic mass is 9.89. The third-order valence-corrected chi connectivity index (χ3v) is 12.9. The summed E-state index contributed by atoms with van der Waals surface area (Å²) in [6.45, 7) is 0. The van der Waals surface area contributed by atoms with Crippen LogP contribution in [0.2, 0.25) is 0 Å². The first kappa shape index (κ1) is 36.0. The van der Waals surface area contributed by atoms with Crippen molar-refractivity contribution in [3.8, 4) is 39.1 Å². The highest BCUT2D eigenvalue weighted by molar-refractivity contribution is 6.09. The van der Waals surface area contributed by atoms with Crippen LogP contribution in [0.4, 0.5) is 17.1 Å². The molecular weight excluding hydrogens is 749 g/mol. The van der Waals surface area contributed by atoms with Crippen molar-refractivity contribution in [1.82, 2.24) is 4.57 Å². The lowest BCUT2D eigenvalue weighted by molar-refractivity contribution is 1.17. The van der Waals surface area contributed by atoms with Gasteiger partial charge in [0.2, 0.25) is 0 Å². The second-order valence-corrected chi connectivity index (χ2v) is 16.5. The molecular formula is C60H42N2. The van der Waals surface area contributed by atoms with Gasteiger partial charge in [-0.3, -0.25) is 0 Å². The topological polar surface area (TPSA) is 8.17 Å². The Labute approximate surface area is 362 Å². The van der Waals surface area contributed by atoms with Crippen LogP contribution in [0.1, 0.15) is 22.3 Å². The minimum atomic E-state index is 0.876. The molecule has 0 fully saturated rings. The molecule has 1 aromatic heterocycles. The van der Waals surface area contributed by atoms with E-state index < -0.39 is 0 Å². The summed E-state index contributed by atoms with van der Waals surface area (Å²) in [5.74, 6) is 0. The molecule has 0 aliphatic heterocycles. The molecule has 0 saturated heterocycles. The predicted molar refractivity (Wildman–Crippen MR) is 261 cm³/mol. The first-order valence-electron chi connectivity index (χ1n) is 21.6. The van der Waals surface area contributed by atoms with Crippen molar-refractivity contribution >= 4 is 49.6 Å². The summed E-state index contributed by atoms with van der Waals surface area (Å²) in [6, 6.07) is 84.7. The van der Waals surface area contributed by atoms with Crippen LogP contribution in [0.15, 0.2) is 231 Å². The number of anilines is 3. The zero-order chi connectivity index (χ0) is 41.0. The highest BCUT2D eigenvalue weighted by atomic mass is 15.1. The van der Waals surface area contributed by atoms with E-state index >= 15 is 0 Å². The molecule has 0 spiro atoms. The van der Waals surface area contributed by atoms with Crippen LogP contribution < -0.4 is 4.90 Å². The fourth-order valence-corrected chi connectivity index (χ4v) is 9.96. The van der Waals surface area contributed by atoms with E-state index in [0.29, 0.717) is 0 Å². The maximum atomic E-state index is 2.43. The van der Waals surface area contributed by atoms with Gasteiger partial charge in [0, 0.05) is 33.5 Å². The van der Waals surface area contributed by atoms with Gasteiger partial charge in [-0.1, -0.05) is 170 Å². The van der Waals surface area contributed by atoms with Crippen LogP contribution in [0.5, 0.6) is 0 Å². The summed E-state index contributed by atoms with van der Waals surface area (Å²) in [7, 11) is 0. The van der Waals surface area contributed by atoms with Gasteiger partial charge in [-0.25, -0.2) is 0 Å². The molecule has 0 atom stereocenters. The average molecular weight is 791 g/mol. The van der Waals surface area contributed by atoms with E-state index in [1.807, 2.05) is 0 Å². The molecule has 12 rings (SSSR count). The zero-order valence-electron chi connectivity index (χ0n) is 34.2. The number of rotatable bonds is 6. The average Bonchev–Trinajstić information content (AvgIpc) is 3.69. The summed E-state index contributed by atoms with van der Waals surface area (Å²) in [5, 5.41) is 5.24. The molecule has 1 aliphatic rings. The van der Waals surface area contributed by atoms with Crippen LogP contribution >= 0.6 is 0 Å². The van der Waals surface area contributed by atoms with Gasteiger partial charge in [0.1, 0.15) is 0 Å². The van der Waals surface area contributed by atoms with Gasteiger partial charge in [-0.2, -0.15) is 0 Å². The van der Waals surface area contributed by atoms with E-state index in [2.05, 4.69) is 240 Å². The number of nitrogens with zero attached hydrogens (tertiary/aromatic N) is 2. The Morgan fingerprint density at radius 2 is 0.790 bits per heavy atom. The maximum absolute atomic E-state index is 2.43. The number of hydrogen-bond donors (Lipinski definition) is 0. The number of para-hydroxylation sites is 2. The van der Waals surface area contributed by atoms with Crippen molar-refractivity contribution in [2.45, 2.75) is 12.8 Å². The van der Waals surface area contributed by atoms with E-state index in [1.54, 1.807) is 0 Å². The molecule has 11 aromatic rings. The fraction of sp³-hybridized carbons (Fsp3) is 0.0333. The minimum Gasteiger partial charge on any atom is -0.311 e. The van der Waals surface area contributed by atoms with Crippen molar-refractivity contribution < 1.29 is 0 Å². The molecule has 62 heavy (non-hydrogen) atoms. The van der Waals surface area contributed by atoms with E-state index in [4.69, 9.17) is 0 Å². The van der Waals surface area contributed by atoms with Crippen molar-refractivity contribution in [3.63, 3.8) is 0 Å². The lowest BCUT2D eigenvalue weighted by Crippen LogP contribution is -2.10. The molecule has 0 radical (unpaired) electrons. The quantitative estimate of drug-likeness (QED) is 0.163. The number of fused-ring (bicyclic) bond motifs is 6. The van der Waals surface area contributed by atoms with Crippen LogP contribution in [0.25, 0.3) is 71.6 Å². The molecule has 0 amide bonds. The fourth-order valence-electron chi connectivity index (χ4n) is 9.96. The van der Waals surface area contributed by atoms with Gasteiger partial charge < -0.3 is 9.47 Å². The maximum Gasteiger partial charge on any atom is 0.0541 e. The first-order valence-corrected chi connectivity index (χ1v) is 21.6. The van der Waals surface area contributed by atoms with E-state index in [0.717, 1.165) is 35.6 Å². The molecule has 2 nitrogen and oxygen atoms in total. The second kappa shape index (κ2) is 15.0.